The molecule has 0 aliphatic rings. The first-order chi connectivity index (χ1) is 2.64. The van der Waals surface area contributed by atoms with Crippen LogP contribution in [-0.4, -0.2) is 58.3 Å². The van der Waals surface area contributed by atoms with Gasteiger partial charge in [-0.3, -0.25) is 0 Å². The van der Waals surface area contributed by atoms with E-state index < -0.39 is 0 Å². The molecule has 46 valence electrons. The summed E-state index contributed by atoms with van der Waals surface area (Å²) in [5.41, 5.74) is 0. The topological polar surface area (TPSA) is 34.7 Å². The first kappa shape index (κ1) is 16.1. The van der Waals surface area contributed by atoms with Crippen LogP contribution >= 0.6 is 24.8 Å². The average Bonchev–Trinajstić information content (AvgIpc) is 1.36. The summed E-state index contributed by atoms with van der Waals surface area (Å²) in [7, 11) is 3.71. The third-order valence-electron chi connectivity index (χ3n) is 0.383. The quantitative estimate of drug-likeness (QED) is 0.291. The van der Waals surface area contributed by atoms with Crippen molar-refractivity contribution in [1.29, 1.82) is 0 Å². The van der Waals surface area contributed by atoms with Crippen LogP contribution in [0.3, 0.4) is 0 Å². The molecule has 0 aromatic heterocycles. The molecule has 0 amide bonds. The monoisotopic (exact) mass is 163 g/mol. The van der Waals surface area contributed by atoms with Gasteiger partial charge < -0.3 is 10.4 Å². The van der Waals surface area contributed by atoms with Crippen molar-refractivity contribution in [2.24, 2.45) is 0 Å². The molecule has 0 atom stereocenters. The van der Waals surface area contributed by atoms with E-state index in [0.717, 1.165) is 0 Å². The molecule has 0 aliphatic heterocycles. The van der Waals surface area contributed by atoms with Crippen molar-refractivity contribution in [1.82, 2.24) is 4.90 Å². The minimum atomic E-state index is 0. The summed E-state index contributed by atoms with van der Waals surface area (Å²) in [5, 5.41) is 0. The molecule has 8 heavy (non-hydrogen) atoms. The summed E-state index contributed by atoms with van der Waals surface area (Å²) in [6.45, 7) is 0. The van der Waals surface area contributed by atoms with Crippen LogP contribution in [0.15, 0.2) is 0 Å². The second-order valence-electron chi connectivity index (χ2n) is 1.18. The molecule has 5 heteroatoms. The Bertz CT molecular complexity index is 68.3. The SMILES string of the molecule is CN(C)C(=S)S.O.[NaH]. The normalized spacial score (nSPS) is 5.88. The fourth-order valence-electron chi connectivity index (χ4n) is 0. The molecule has 0 unspecified atom stereocenters. The van der Waals surface area contributed by atoms with Gasteiger partial charge in [-0.1, -0.05) is 12.2 Å². The Kier molecular flexibility index (Phi) is 16.5. The second-order valence-corrected chi connectivity index (χ2v) is 2.29. The van der Waals surface area contributed by atoms with Crippen molar-refractivity contribution in [3.05, 3.63) is 0 Å². The summed E-state index contributed by atoms with van der Waals surface area (Å²) in [6, 6.07) is 0. The van der Waals surface area contributed by atoms with Crippen molar-refractivity contribution in [3.63, 3.8) is 0 Å². The van der Waals surface area contributed by atoms with Gasteiger partial charge in [0.15, 0.2) is 0 Å². The second kappa shape index (κ2) is 8.20. The van der Waals surface area contributed by atoms with E-state index in [2.05, 4.69) is 24.8 Å². The van der Waals surface area contributed by atoms with Gasteiger partial charge in [0.05, 0.1) is 0 Å². The summed E-state index contributed by atoms with van der Waals surface area (Å²) in [5.74, 6) is 0. The molecule has 0 saturated carbocycles. The molecule has 0 heterocycles. The van der Waals surface area contributed by atoms with Crippen LogP contribution in [0.2, 0.25) is 0 Å². The van der Waals surface area contributed by atoms with Gasteiger partial charge in [-0.05, 0) is 0 Å². The van der Waals surface area contributed by atoms with E-state index in [0.29, 0.717) is 4.32 Å². The molecule has 2 N–H and O–H groups in total. The molecular formula is C3H10NNaOS2. The number of hydrogen-bond donors (Lipinski definition) is 1. The van der Waals surface area contributed by atoms with Crippen LogP contribution in [-0.2, 0) is 0 Å². The van der Waals surface area contributed by atoms with Crippen molar-refractivity contribution < 1.29 is 5.48 Å². The molecule has 0 bridgehead atoms. The molecule has 0 spiro atoms. The Morgan fingerprint density at radius 3 is 1.62 bits per heavy atom. The van der Waals surface area contributed by atoms with Gasteiger partial charge in [-0.15, -0.1) is 12.6 Å². The molecule has 0 fully saturated rings. The Labute approximate surface area is 82.6 Å². The van der Waals surface area contributed by atoms with Crippen LogP contribution in [0.25, 0.3) is 0 Å². The van der Waals surface area contributed by atoms with Crippen LogP contribution < -0.4 is 0 Å². The molecule has 0 radical (unpaired) electrons. The van der Waals surface area contributed by atoms with E-state index >= 15 is 0 Å². The Hall–Kier alpha value is 1.20. The molecule has 0 aromatic carbocycles. The predicted molar refractivity (Wildman–Crippen MR) is 46.0 cm³/mol. The minimum absolute atomic E-state index is 0. The Balaban J connectivity index is -0.000000125. The van der Waals surface area contributed by atoms with Crippen LogP contribution in [0, 0.1) is 0 Å². The third kappa shape index (κ3) is 10.2. The molecule has 0 aromatic rings. The van der Waals surface area contributed by atoms with Gasteiger partial charge in [0.2, 0.25) is 0 Å². The van der Waals surface area contributed by atoms with E-state index in [-0.39, 0.29) is 35.0 Å². The first-order valence-electron chi connectivity index (χ1n) is 1.55. The van der Waals surface area contributed by atoms with E-state index in [1.54, 1.807) is 4.90 Å². The molecule has 0 aliphatic carbocycles. The summed E-state index contributed by atoms with van der Waals surface area (Å²) >= 11 is 8.46. The van der Waals surface area contributed by atoms with Crippen molar-refractivity contribution in [2.75, 3.05) is 14.1 Å². The van der Waals surface area contributed by atoms with Gasteiger partial charge in [0.1, 0.15) is 4.32 Å². The fourth-order valence-corrected chi connectivity index (χ4v) is 0. The predicted octanol–water partition coefficient (Wildman–Crippen LogP) is -0.711. The van der Waals surface area contributed by atoms with Gasteiger partial charge in [-0.25, -0.2) is 0 Å². The van der Waals surface area contributed by atoms with Gasteiger partial charge >= 0.3 is 29.6 Å². The third-order valence-corrected chi connectivity index (χ3v) is 1.15. The zero-order valence-electron chi connectivity index (χ0n) is 4.30. The summed E-state index contributed by atoms with van der Waals surface area (Å²) < 4.78 is 0.620. The van der Waals surface area contributed by atoms with E-state index in [1.807, 2.05) is 14.1 Å². The average molecular weight is 163 g/mol. The zero-order valence-corrected chi connectivity index (χ0v) is 6.01. The van der Waals surface area contributed by atoms with Crippen molar-refractivity contribution >= 4 is 58.7 Å². The zero-order chi connectivity index (χ0) is 5.15. The van der Waals surface area contributed by atoms with Crippen molar-refractivity contribution in [3.8, 4) is 0 Å². The van der Waals surface area contributed by atoms with Crippen LogP contribution in [0.4, 0.5) is 0 Å². The number of hydrogen-bond acceptors (Lipinski definition) is 1. The van der Waals surface area contributed by atoms with E-state index in [1.165, 1.54) is 0 Å². The van der Waals surface area contributed by atoms with E-state index in [4.69, 9.17) is 0 Å². The van der Waals surface area contributed by atoms with Crippen molar-refractivity contribution in [2.45, 2.75) is 0 Å². The summed E-state index contributed by atoms with van der Waals surface area (Å²) in [4.78, 5) is 1.76. The van der Waals surface area contributed by atoms with Crippen LogP contribution in [0.1, 0.15) is 0 Å². The number of thiocarbonyl (C=S) groups is 1. The molecular weight excluding hydrogens is 153 g/mol. The fraction of sp³-hybridized carbons (Fsp3) is 0.667. The Morgan fingerprint density at radius 2 is 1.62 bits per heavy atom. The Morgan fingerprint density at radius 1 is 1.50 bits per heavy atom. The van der Waals surface area contributed by atoms with Crippen LogP contribution in [0.5, 0.6) is 0 Å². The van der Waals surface area contributed by atoms with Gasteiger partial charge in [0.25, 0.3) is 0 Å². The number of rotatable bonds is 0. The summed E-state index contributed by atoms with van der Waals surface area (Å²) in [6.07, 6.45) is 0. The number of thiol groups is 1. The van der Waals surface area contributed by atoms with Gasteiger partial charge in [-0.2, -0.15) is 0 Å². The molecule has 0 saturated heterocycles. The molecule has 0 rings (SSSR count). The maximum absolute atomic E-state index is 4.61. The first-order valence-corrected chi connectivity index (χ1v) is 2.40. The number of nitrogens with zero attached hydrogens (tertiary/aromatic N) is 1. The van der Waals surface area contributed by atoms with E-state index in [9.17, 15) is 0 Å². The standard InChI is InChI=1S/C3H7NS2.Na.H2O.H/c1-4(2)3(5)6;;;/h1-2H3,(H,5,6);;1H2;. The molecule has 2 nitrogen and oxygen atoms in total. The maximum atomic E-state index is 4.61. The van der Waals surface area contributed by atoms with Gasteiger partial charge in [0, 0.05) is 14.1 Å².